The van der Waals surface area contributed by atoms with Crippen LogP contribution < -0.4 is 5.32 Å². The second-order valence-corrected chi connectivity index (χ2v) is 5.76. The van der Waals surface area contributed by atoms with E-state index >= 15 is 0 Å². The number of nitrogens with zero attached hydrogens (tertiary/aromatic N) is 2. The minimum Gasteiger partial charge on any atom is -0.373 e. The largest absolute Gasteiger partial charge is 0.373 e. The summed E-state index contributed by atoms with van der Waals surface area (Å²) in [6.07, 6.45) is 2.51. The Morgan fingerprint density at radius 1 is 1.45 bits per heavy atom. The lowest BCUT2D eigenvalue weighted by molar-refractivity contribution is -0.384. The molecule has 0 radical (unpaired) electrons. The van der Waals surface area contributed by atoms with E-state index in [4.69, 9.17) is 23.2 Å². The number of non-ortho nitro benzene ring substituents is 1. The molecular weight excluding hydrogens is 321 g/mol. The molecule has 0 bridgehead atoms. The van der Waals surface area contributed by atoms with E-state index in [9.17, 15) is 10.1 Å². The number of nitro benzene ring substituents is 1. The molecule has 5 nitrogen and oxygen atoms in total. The summed E-state index contributed by atoms with van der Waals surface area (Å²) < 4.78 is 0. The number of halogens is 2. The molecule has 1 N–H and O–H groups in total. The average Bonchev–Trinajstić information content (AvgIpc) is 2.91. The van der Waals surface area contributed by atoms with Crippen molar-refractivity contribution in [3.05, 3.63) is 48.9 Å². The summed E-state index contributed by atoms with van der Waals surface area (Å²) in [4.78, 5) is 14.5. The van der Waals surface area contributed by atoms with E-state index in [1.54, 1.807) is 6.20 Å². The molecule has 0 aliphatic heterocycles. The van der Waals surface area contributed by atoms with E-state index in [2.05, 4.69) is 10.3 Å². The molecule has 0 aliphatic rings. The highest BCUT2D eigenvalue weighted by atomic mass is 35.5. The van der Waals surface area contributed by atoms with Crippen molar-refractivity contribution in [2.45, 2.75) is 19.4 Å². The van der Waals surface area contributed by atoms with Crippen LogP contribution in [0.1, 0.15) is 24.4 Å². The van der Waals surface area contributed by atoms with Gasteiger partial charge < -0.3 is 5.32 Å². The van der Waals surface area contributed by atoms with Gasteiger partial charge in [0, 0.05) is 23.7 Å². The second kappa shape index (κ2) is 6.39. The zero-order chi connectivity index (χ0) is 14.7. The molecule has 1 aromatic heterocycles. The maximum Gasteiger partial charge on any atom is 0.272 e. The predicted octanol–water partition coefficient (Wildman–Crippen LogP) is 4.92. The smallest absolute Gasteiger partial charge is 0.272 e. The molecule has 1 aromatic carbocycles. The molecule has 0 fully saturated rings. The molecule has 0 saturated carbocycles. The summed E-state index contributed by atoms with van der Waals surface area (Å²) in [5.74, 6) is 0. The average molecular weight is 332 g/mol. The highest BCUT2D eigenvalue weighted by molar-refractivity contribution is 7.09. The summed E-state index contributed by atoms with van der Waals surface area (Å²) in [5.41, 5.74) is 0.355. The van der Waals surface area contributed by atoms with E-state index in [0.29, 0.717) is 5.69 Å². The van der Waals surface area contributed by atoms with Crippen LogP contribution in [0.15, 0.2) is 23.7 Å². The van der Waals surface area contributed by atoms with Crippen LogP contribution in [-0.4, -0.2) is 9.91 Å². The number of benzene rings is 1. The van der Waals surface area contributed by atoms with Gasteiger partial charge in [0.1, 0.15) is 5.01 Å². The Kier molecular flexibility index (Phi) is 4.80. The number of nitrogens with one attached hydrogen (secondary N) is 1. The van der Waals surface area contributed by atoms with Crippen LogP contribution in [0, 0.1) is 10.1 Å². The highest BCUT2D eigenvalue weighted by Gasteiger charge is 2.18. The van der Waals surface area contributed by atoms with Crippen LogP contribution in [0.4, 0.5) is 11.4 Å². The molecule has 1 unspecified atom stereocenters. The van der Waals surface area contributed by atoms with Crippen LogP contribution >= 0.6 is 34.5 Å². The lowest BCUT2D eigenvalue weighted by Gasteiger charge is -2.18. The molecule has 2 aromatic rings. The Morgan fingerprint density at radius 3 is 2.55 bits per heavy atom. The van der Waals surface area contributed by atoms with Crippen molar-refractivity contribution in [3.8, 4) is 0 Å². The standard InChI is InChI=1S/C12H11Cl2N3O2S/c1-2-10(12-15-3-4-20-12)16-11-8(13)5-7(17(18)19)6-9(11)14/h3-6,10,16H,2H2,1H3. The van der Waals surface area contributed by atoms with E-state index in [1.165, 1.54) is 23.5 Å². The molecule has 2 rings (SSSR count). The second-order valence-electron chi connectivity index (χ2n) is 4.02. The van der Waals surface area contributed by atoms with Crippen molar-refractivity contribution < 1.29 is 4.92 Å². The van der Waals surface area contributed by atoms with Gasteiger partial charge in [-0.2, -0.15) is 0 Å². The third kappa shape index (κ3) is 3.20. The summed E-state index contributed by atoms with van der Waals surface area (Å²) in [5, 5.41) is 17.2. The third-order valence-electron chi connectivity index (χ3n) is 2.71. The first-order valence-electron chi connectivity index (χ1n) is 5.82. The van der Waals surface area contributed by atoms with Crippen LogP contribution in [0.3, 0.4) is 0 Å². The molecule has 1 heterocycles. The quantitative estimate of drug-likeness (QED) is 0.623. The molecule has 0 spiro atoms. The zero-order valence-corrected chi connectivity index (χ0v) is 12.8. The Bertz CT molecular complexity index is 596. The fourth-order valence-corrected chi connectivity index (χ4v) is 3.08. The molecule has 0 aliphatic carbocycles. The van der Waals surface area contributed by atoms with Crippen molar-refractivity contribution in [2.24, 2.45) is 0 Å². The van der Waals surface area contributed by atoms with Gasteiger partial charge in [-0.3, -0.25) is 10.1 Å². The maximum absolute atomic E-state index is 10.7. The van der Waals surface area contributed by atoms with Crippen LogP contribution in [0.5, 0.6) is 0 Å². The summed E-state index contributed by atoms with van der Waals surface area (Å²) in [7, 11) is 0. The van der Waals surface area contributed by atoms with Gasteiger partial charge in [-0.1, -0.05) is 30.1 Å². The molecule has 1 atom stereocenters. The summed E-state index contributed by atoms with van der Waals surface area (Å²) >= 11 is 13.7. The van der Waals surface area contributed by atoms with Gasteiger partial charge in [0.2, 0.25) is 0 Å². The van der Waals surface area contributed by atoms with Crippen LogP contribution in [0.2, 0.25) is 10.0 Å². The molecule has 8 heteroatoms. The lowest BCUT2D eigenvalue weighted by Crippen LogP contribution is -2.10. The van der Waals surface area contributed by atoms with Gasteiger partial charge in [0.25, 0.3) is 5.69 Å². The number of aromatic nitrogens is 1. The van der Waals surface area contributed by atoms with Crippen molar-refractivity contribution in [2.75, 3.05) is 5.32 Å². The van der Waals surface area contributed by atoms with Gasteiger partial charge in [-0.25, -0.2) is 4.98 Å². The number of rotatable bonds is 5. The molecular formula is C12H11Cl2N3O2S. The van der Waals surface area contributed by atoms with E-state index in [1.807, 2.05) is 12.3 Å². The number of anilines is 1. The summed E-state index contributed by atoms with van der Waals surface area (Å²) in [6, 6.07) is 2.53. The Balaban J connectivity index is 2.31. The van der Waals surface area contributed by atoms with Gasteiger partial charge in [0.15, 0.2) is 0 Å². The van der Waals surface area contributed by atoms with E-state index in [0.717, 1.165) is 11.4 Å². The number of thiazole rings is 1. The highest BCUT2D eigenvalue weighted by Crippen LogP contribution is 2.37. The third-order valence-corrected chi connectivity index (χ3v) is 4.20. The van der Waals surface area contributed by atoms with Gasteiger partial charge in [0.05, 0.1) is 26.7 Å². The fraction of sp³-hybridized carbons (Fsp3) is 0.250. The SMILES string of the molecule is CCC(Nc1c(Cl)cc([N+](=O)[O-])cc1Cl)c1nccs1. The van der Waals surface area contributed by atoms with Gasteiger partial charge >= 0.3 is 0 Å². The fourth-order valence-electron chi connectivity index (χ4n) is 1.72. The monoisotopic (exact) mass is 331 g/mol. The minimum absolute atomic E-state index is 0.0357. The Hall–Kier alpha value is -1.37. The first kappa shape index (κ1) is 15.0. The van der Waals surface area contributed by atoms with Crippen molar-refractivity contribution >= 4 is 45.9 Å². The van der Waals surface area contributed by atoms with Crippen LogP contribution in [-0.2, 0) is 0 Å². The van der Waals surface area contributed by atoms with Crippen molar-refractivity contribution in [3.63, 3.8) is 0 Å². The lowest BCUT2D eigenvalue weighted by atomic mass is 10.2. The molecule has 0 amide bonds. The molecule has 20 heavy (non-hydrogen) atoms. The van der Waals surface area contributed by atoms with Gasteiger partial charge in [-0.05, 0) is 6.42 Å². The van der Waals surface area contributed by atoms with Gasteiger partial charge in [-0.15, -0.1) is 11.3 Å². The van der Waals surface area contributed by atoms with E-state index in [-0.39, 0.29) is 21.8 Å². The first-order chi connectivity index (χ1) is 9.52. The minimum atomic E-state index is -0.528. The number of hydrogen-bond acceptors (Lipinski definition) is 5. The predicted molar refractivity (Wildman–Crippen MR) is 81.9 cm³/mol. The zero-order valence-electron chi connectivity index (χ0n) is 10.5. The summed E-state index contributed by atoms with van der Waals surface area (Å²) in [6.45, 7) is 2.01. The normalized spacial score (nSPS) is 12.2. The maximum atomic E-state index is 10.7. The van der Waals surface area contributed by atoms with E-state index < -0.39 is 4.92 Å². The topological polar surface area (TPSA) is 68.1 Å². The number of nitro groups is 1. The van der Waals surface area contributed by atoms with Crippen LogP contribution in [0.25, 0.3) is 0 Å². The first-order valence-corrected chi connectivity index (χ1v) is 7.45. The Morgan fingerprint density at radius 2 is 2.10 bits per heavy atom. The van der Waals surface area contributed by atoms with Crippen molar-refractivity contribution in [1.82, 2.24) is 4.98 Å². The molecule has 106 valence electrons. The number of hydrogen-bond donors (Lipinski definition) is 1. The van der Waals surface area contributed by atoms with Crippen molar-refractivity contribution in [1.29, 1.82) is 0 Å². The Labute approximate surface area is 129 Å². The molecule has 0 saturated heterocycles.